The summed E-state index contributed by atoms with van der Waals surface area (Å²) < 4.78 is 84.4. The van der Waals surface area contributed by atoms with Gasteiger partial charge in [0.25, 0.3) is 0 Å². The molecule has 0 atom stereocenters. The fraction of sp³-hybridized carbons (Fsp3) is 0.105. The van der Waals surface area contributed by atoms with E-state index in [4.69, 9.17) is 0 Å². The number of halogens is 7. The molecule has 0 spiro atoms. The Morgan fingerprint density at radius 2 is 1.21 bits per heavy atom. The number of hydrogen-bond donors (Lipinski definition) is 0. The number of para-hydroxylation sites is 2. The highest BCUT2D eigenvalue weighted by molar-refractivity contribution is 14.1. The molecule has 3 nitrogen and oxygen atoms in total. The molecule has 0 bridgehead atoms. The van der Waals surface area contributed by atoms with Crippen molar-refractivity contribution in [3.63, 3.8) is 0 Å². The van der Waals surface area contributed by atoms with Gasteiger partial charge in [0.2, 0.25) is 0 Å². The van der Waals surface area contributed by atoms with Crippen molar-refractivity contribution in [3.8, 4) is 33.9 Å². The molecule has 0 N–H and O–H groups in total. The SMILES string of the molecule is FC(F)(F)Oc1ccccc1-c1cnc(-c2ccccc2OC(F)(F)F)c(I)c1. The second-order valence-electron chi connectivity index (χ2n) is 5.64. The predicted octanol–water partition coefficient (Wildman–Crippen LogP) is 6.82. The van der Waals surface area contributed by atoms with Gasteiger partial charge in [-0.3, -0.25) is 4.98 Å². The molecule has 29 heavy (non-hydrogen) atoms. The highest BCUT2D eigenvalue weighted by atomic mass is 127. The summed E-state index contributed by atoms with van der Waals surface area (Å²) in [7, 11) is 0. The van der Waals surface area contributed by atoms with Crippen LogP contribution >= 0.6 is 22.6 Å². The van der Waals surface area contributed by atoms with Crippen molar-refractivity contribution < 1.29 is 35.8 Å². The molecule has 152 valence electrons. The molecule has 0 saturated heterocycles. The van der Waals surface area contributed by atoms with Gasteiger partial charge in [0.1, 0.15) is 11.5 Å². The third-order valence-corrected chi connectivity index (χ3v) is 4.46. The molecule has 0 aliphatic carbocycles. The van der Waals surface area contributed by atoms with Gasteiger partial charge in [-0.05, 0) is 46.9 Å². The molecule has 1 aromatic heterocycles. The van der Waals surface area contributed by atoms with Crippen LogP contribution in [0.25, 0.3) is 22.4 Å². The Bertz CT molecular complexity index is 1020. The Labute approximate surface area is 174 Å². The molecule has 2 aromatic carbocycles. The Hall–Kier alpha value is -2.50. The van der Waals surface area contributed by atoms with E-state index in [2.05, 4.69) is 14.5 Å². The van der Waals surface area contributed by atoms with Crippen molar-refractivity contribution >= 4 is 22.6 Å². The Kier molecular flexibility index (Phi) is 5.92. The maximum atomic E-state index is 12.7. The van der Waals surface area contributed by atoms with Gasteiger partial charge in [0.05, 0.1) is 5.69 Å². The first-order valence-corrected chi connectivity index (χ1v) is 8.97. The normalized spacial score (nSPS) is 12.0. The lowest BCUT2D eigenvalue weighted by molar-refractivity contribution is -0.275. The first-order chi connectivity index (χ1) is 13.5. The van der Waals surface area contributed by atoms with Gasteiger partial charge >= 0.3 is 12.7 Å². The zero-order valence-corrected chi connectivity index (χ0v) is 16.3. The minimum absolute atomic E-state index is 0.0978. The summed E-state index contributed by atoms with van der Waals surface area (Å²) in [6.07, 6.45) is -8.49. The van der Waals surface area contributed by atoms with E-state index in [-0.39, 0.29) is 16.8 Å². The summed E-state index contributed by atoms with van der Waals surface area (Å²) in [6.45, 7) is 0. The molecule has 3 rings (SSSR count). The summed E-state index contributed by atoms with van der Waals surface area (Å²) in [5.74, 6) is -0.842. The number of rotatable bonds is 4. The van der Waals surface area contributed by atoms with E-state index in [9.17, 15) is 26.3 Å². The summed E-state index contributed by atoms with van der Waals surface area (Å²) in [5.41, 5.74) is 0.748. The van der Waals surface area contributed by atoms with Crippen molar-refractivity contribution in [3.05, 3.63) is 64.4 Å². The molecule has 0 unspecified atom stereocenters. The van der Waals surface area contributed by atoms with Crippen molar-refractivity contribution in [1.29, 1.82) is 0 Å². The highest BCUT2D eigenvalue weighted by Gasteiger charge is 2.33. The number of alkyl halides is 6. The largest absolute Gasteiger partial charge is 0.573 e. The third kappa shape index (κ3) is 5.52. The Morgan fingerprint density at radius 3 is 1.72 bits per heavy atom. The van der Waals surface area contributed by atoms with Gasteiger partial charge in [0.15, 0.2) is 0 Å². The van der Waals surface area contributed by atoms with Crippen LogP contribution in [-0.2, 0) is 0 Å². The lowest BCUT2D eigenvalue weighted by atomic mass is 10.0. The highest BCUT2D eigenvalue weighted by Crippen LogP contribution is 2.38. The van der Waals surface area contributed by atoms with Gasteiger partial charge in [-0.1, -0.05) is 30.3 Å². The summed E-state index contributed by atoms with van der Waals surface area (Å²) >= 11 is 1.85. The van der Waals surface area contributed by atoms with Crippen LogP contribution in [0.15, 0.2) is 60.8 Å². The van der Waals surface area contributed by atoms with Gasteiger partial charge in [-0.15, -0.1) is 26.3 Å². The van der Waals surface area contributed by atoms with E-state index in [0.29, 0.717) is 9.13 Å². The second kappa shape index (κ2) is 8.09. The molecular weight excluding hydrogens is 515 g/mol. The van der Waals surface area contributed by atoms with E-state index in [0.717, 1.165) is 12.1 Å². The maximum absolute atomic E-state index is 12.7. The average Bonchev–Trinajstić information content (AvgIpc) is 2.60. The number of aromatic nitrogens is 1. The van der Waals surface area contributed by atoms with Crippen molar-refractivity contribution in [1.82, 2.24) is 4.98 Å². The summed E-state index contributed by atoms with van der Waals surface area (Å²) in [5, 5.41) is 0. The van der Waals surface area contributed by atoms with Gasteiger partial charge in [-0.25, -0.2) is 0 Å². The maximum Gasteiger partial charge on any atom is 0.573 e. The Balaban J connectivity index is 2.02. The monoisotopic (exact) mass is 525 g/mol. The first-order valence-electron chi connectivity index (χ1n) is 7.89. The van der Waals surface area contributed by atoms with Gasteiger partial charge in [0, 0.05) is 26.5 Å². The Morgan fingerprint density at radius 1 is 0.724 bits per heavy atom. The molecule has 0 saturated carbocycles. The van der Waals surface area contributed by atoms with Crippen LogP contribution < -0.4 is 9.47 Å². The third-order valence-electron chi connectivity index (χ3n) is 3.63. The molecule has 0 aliphatic heterocycles. The van der Waals surface area contributed by atoms with Crippen LogP contribution in [-0.4, -0.2) is 17.7 Å². The van der Waals surface area contributed by atoms with Gasteiger partial charge < -0.3 is 9.47 Å². The lowest BCUT2D eigenvalue weighted by Gasteiger charge is -2.15. The molecule has 0 radical (unpaired) electrons. The zero-order chi connectivity index (χ0) is 21.2. The smallest absolute Gasteiger partial charge is 0.405 e. The van der Waals surface area contributed by atoms with Crippen molar-refractivity contribution in [2.24, 2.45) is 0 Å². The second-order valence-corrected chi connectivity index (χ2v) is 6.80. The molecule has 0 fully saturated rings. The van der Waals surface area contributed by atoms with E-state index >= 15 is 0 Å². The van der Waals surface area contributed by atoms with E-state index < -0.39 is 24.2 Å². The minimum Gasteiger partial charge on any atom is -0.405 e. The predicted molar refractivity (Wildman–Crippen MR) is 101 cm³/mol. The number of pyridine rings is 1. The fourth-order valence-electron chi connectivity index (χ4n) is 2.58. The van der Waals surface area contributed by atoms with E-state index in [1.807, 2.05) is 22.6 Å². The average molecular weight is 525 g/mol. The topological polar surface area (TPSA) is 31.4 Å². The minimum atomic E-state index is -4.88. The zero-order valence-electron chi connectivity index (χ0n) is 14.2. The van der Waals surface area contributed by atoms with Crippen LogP contribution in [0.3, 0.4) is 0 Å². The molecule has 0 amide bonds. The van der Waals surface area contributed by atoms with Gasteiger partial charge in [-0.2, -0.15) is 0 Å². The molecule has 10 heteroatoms. The standard InChI is InChI=1S/C19H10F6INO2/c20-18(21,22)28-15-7-3-1-5-12(15)11-9-14(26)17(27-10-11)13-6-2-4-8-16(13)29-19(23,24)25/h1-10H. The fourth-order valence-corrected chi connectivity index (χ4v) is 3.34. The molecule has 0 aliphatic rings. The van der Waals surface area contributed by atoms with Crippen LogP contribution in [0, 0.1) is 3.57 Å². The lowest BCUT2D eigenvalue weighted by Crippen LogP contribution is -2.18. The molecule has 1 heterocycles. The summed E-state index contributed by atoms with van der Waals surface area (Å²) in [6, 6.07) is 12.5. The van der Waals surface area contributed by atoms with Crippen LogP contribution in [0.1, 0.15) is 0 Å². The molecule has 3 aromatic rings. The number of ether oxygens (including phenoxy) is 2. The van der Waals surface area contributed by atoms with Crippen LogP contribution in [0.5, 0.6) is 11.5 Å². The van der Waals surface area contributed by atoms with E-state index in [1.54, 1.807) is 0 Å². The van der Waals surface area contributed by atoms with Crippen LogP contribution in [0.2, 0.25) is 0 Å². The summed E-state index contributed by atoms with van der Waals surface area (Å²) in [4.78, 5) is 4.16. The van der Waals surface area contributed by atoms with Crippen molar-refractivity contribution in [2.45, 2.75) is 12.7 Å². The first kappa shape index (κ1) is 21.2. The number of hydrogen-bond acceptors (Lipinski definition) is 3. The number of nitrogens with zero attached hydrogens (tertiary/aromatic N) is 1. The van der Waals surface area contributed by atoms with Crippen LogP contribution in [0.4, 0.5) is 26.3 Å². The number of benzene rings is 2. The molecular formula is C19H10F6INO2. The van der Waals surface area contributed by atoms with Crippen molar-refractivity contribution in [2.75, 3.05) is 0 Å². The van der Waals surface area contributed by atoms with E-state index in [1.165, 1.54) is 48.7 Å². The quantitative estimate of drug-likeness (QED) is 0.277.